The number of rotatable bonds is 7. The molecule has 1 fully saturated rings. The van der Waals surface area contributed by atoms with Crippen LogP contribution < -0.4 is 5.32 Å². The third-order valence-electron chi connectivity index (χ3n) is 3.80. The summed E-state index contributed by atoms with van der Waals surface area (Å²) in [5, 5.41) is 3.69. The summed E-state index contributed by atoms with van der Waals surface area (Å²) < 4.78 is 5.85. The van der Waals surface area contributed by atoms with Gasteiger partial charge in [-0.15, -0.1) is 11.3 Å². The van der Waals surface area contributed by atoms with Gasteiger partial charge >= 0.3 is 0 Å². The second-order valence-corrected chi connectivity index (χ2v) is 6.84. The minimum atomic E-state index is 0.501. The molecule has 0 radical (unpaired) electrons. The highest BCUT2D eigenvalue weighted by atomic mass is 32.1. The van der Waals surface area contributed by atoms with Crippen molar-refractivity contribution in [3.05, 3.63) is 21.9 Å². The average molecular weight is 281 g/mol. The van der Waals surface area contributed by atoms with Gasteiger partial charge in [-0.1, -0.05) is 6.92 Å². The maximum atomic E-state index is 5.85. The van der Waals surface area contributed by atoms with Crippen LogP contribution in [0, 0.1) is 6.92 Å². The summed E-state index contributed by atoms with van der Waals surface area (Å²) in [7, 11) is 0. The van der Waals surface area contributed by atoms with Crippen LogP contribution in [-0.2, 0) is 4.74 Å². The zero-order valence-corrected chi connectivity index (χ0v) is 13.1. The first-order chi connectivity index (χ1) is 9.29. The van der Waals surface area contributed by atoms with E-state index < -0.39 is 0 Å². The van der Waals surface area contributed by atoms with Crippen molar-refractivity contribution in [1.82, 2.24) is 5.32 Å². The predicted molar refractivity (Wildman–Crippen MR) is 82.9 cm³/mol. The van der Waals surface area contributed by atoms with E-state index in [1.807, 2.05) is 11.3 Å². The molecule has 1 aromatic rings. The van der Waals surface area contributed by atoms with E-state index in [4.69, 9.17) is 4.74 Å². The molecule has 1 aliphatic heterocycles. The fourth-order valence-electron chi connectivity index (χ4n) is 2.69. The van der Waals surface area contributed by atoms with Crippen LogP contribution in [0.4, 0.5) is 0 Å². The van der Waals surface area contributed by atoms with Gasteiger partial charge in [0, 0.05) is 22.4 Å². The third kappa shape index (κ3) is 4.90. The summed E-state index contributed by atoms with van der Waals surface area (Å²) in [6.07, 6.45) is 7.93. The zero-order valence-electron chi connectivity index (χ0n) is 12.3. The molecule has 2 unspecified atom stereocenters. The molecule has 1 N–H and O–H groups in total. The quantitative estimate of drug-likeness (QED) is 0.797. The van der Waals surface area contributed by atoms with E-state index >= 15 is 0 Å². The molecule has 1 saturated heterocycles. The molecule has 2 heterocycles. The first-order valence-electron chi connectivity index (χ1n) is 7.71. The Morgan fingerprint density at radius 3 is 2.95 bits per heavy atom. The second kappa shape index (κ2) is 8.03. The van der Waals surface area contributed by atoms with Gasteiger partial charge in [0.25, 0.3) is 0 Å². The Morgan fingerprint density at radius 2 is 2.32 bits per heavy atom. The van der Waals surface area contributed by atoms with Crippen LogP contribution in [0.3, 0.4) is 0 Å². The minimum absolute atomic E-state index is 0.501. The fraction of sp³-hybridized carbons (Fsp3) is 0.750. The van der Waals surface area contributed by atoms with Gasteiger partial charge in [0.1, 0.15) is 0 Å². The van der Waals surface area contributed by atoms with Crippen LogP contribution in [0.25, 0.3) is 0 Å². The normalized spacial score (nSPS) is 21.5. The van der Waals surface area contributed by atoms with E-state index in [1.54, 1.807) is 0 Å². The van der Waals surface area contributed by atoms with Crippen molar-refractivity contribution < 1.29 is 4.74 Å². The number of ether oxygens (including phenoxy) is 1. The monoisotopic (exact) mass is 281 g/mol. The molecule has 1 aliphatic rings. The average Bonchev–Trinajstić information content (AvgIpc) is 2.86. The van der Waals surface area contributed by atoms with Crippen LogP contribution in [0.2, 0.25) is 0 Å². The first-order valence-corrected chi connectivity index (χ1v) is 8.52. The van der Waals surface area contributed by atoms with E-state index in [1.165, 1.54) is 48.3 Å². The van der Waals surface area contributed by atoms with Crippen molar-refractivity contribution in [3.8, 4) is 0 Å². The van der Waals surface area contributed by atoms with Gasteiger partial charge in [-0.3, -0.25) is 0 Å². The summed E-state index contributed by atoms with van der Waals surface area (Å²) >= 11 is 1.93. The number of nitrogens with one attached hydrogen (secondary N) is 1. The number of hydrogen-bond donors (Lipinski definition) is 1. The molecule has 1 aromatic heterocycles. The zero-order chi connectivity index (χ0) is 13.5. The highest BCUT2D eigenvalue weighted by Gasteiger charge is 2.18. The van der Waals surface area contributed by atoms with Gasteiger partial charge in [0.2, 0.25) is 0 Å². The van der Waals surface area contributed by atoms with Gasteiger partial charge in [0.15, 0.2) is 0 Å². The molecule has 3 heteroatoms. The van der Waals surface area contributed by atoms with Gasteiger partial charge in [-0.2, -0.15) is 0 Å². The Morgan fingerprint density at radius 1 is 1.42 bits per heavy atom. The third-order valence-corrected chi connectivity index (χ3v) is 4.91. The molecule has 0 aliphatic carbocycles. The predicted octanol–water partition coefficient (Wildman–Crippen LogP) is 4.45. The van der Waals surface area contributed by atoms with E-state index in [0.29, 0.717) is 12.1 Å². The topological polar surface area (TPSA) is 21.3 Å². The molecule has 2 nitrogen and oxygen atoms in total. The molecule has 108 valence electrons. The summed E-state index contributed by atoms with van der Waals surface area (Å²) in [6.45, 7) is 6.49. The highest BCUT2D eigenvalue weighted by Crippen LogP contribution is 2.28. The molecule has 0 saturated carbocycles. The van der Waals surface area contributed by atoms with Crippen LogP contribution in [0.5, 0.6) is 0 Å². The van der Waals surface area contributed by atoms with Crippen molar-refractivity contribution in [1.29, 1.82) is 0 Å². The fourth-order valence-corrected chi connectivity index (χ4v) is 3.68. The minimum Gasteiger partial charge on any atom is -0.378 e. The lowest BCUT2D eigenvalue weighted by Gasteiger charge is -2.25. The molecule has 2 rings (SSSR count). The van der Waals surface area contributed by atoms with Crippen LogP contribution in [0.15, 0.2) is 12.1 Å². The van der Waals surface area contributed by atoms with Crippen molar-refractivity contribution in [2.75, 3.05) is 13.2 Å². The molecular weight excluding hydrogens is 254 g/mol. The summed E-state index contributed by atoms with van der Waals surface area (Å²) in [5.74, 6) is 0. The van der Waals surface area contributed by atoms with Gasteiger partial charge in [0.05, 0.1) is 6.10 Å². The molecule has 0 aromatic carbocycles. The Balaban J connectivity index is 1.86. The maximum Gasteiger partial charge on any atom is 0.0575 e. The molecule has 0 amide bonds. The SMILES string of the molecule is CCCNC(CCC1CCCCO1)c1ccc(C)s1. The molecule has 19 heavy (non-hydrogen) atoms. The number of aryl methyl sites for hydroxylation is 1. The molecule has 0 bridgehead atoms. The Kier molecular flexibility index (Phi) is 6.35. The van der Waals surface area contributed by atoms with E-state index in [9.17, 15) is 0 Å². The van der Waals surface area contributed by atoms with E-state index in [0.717, 1.165) is 13.2 Å². The first kappa shape index (κ1) is 15.0. The summed E-state index contributed by atoms with van der Waals surface area (Å²) in [4.78, 5) is 2.90. The second-order valence-electron chi connectivity index (χ2n) is 5.52. The Labute approximate surface area is 121 Å². The van der Waals surface area contributed by atoms with Gasteiger partial charge < -0.3 is 10.1 Å². The Bertz CT molecular complexity index is 357. The molecular formula is C16H27NOS. The van der Waals surface area contributed by atoms with Crippen LogP contribution in [-0.4, -0.2) is 19.3 Å². The maximum absolute atomic E-state index is 5.85. The Hall–Kier alpha value is -0.380. The highest BCUT2D eigenvalue weighted by molar-refractivity contribution is 7.12. The van der Waals surface area contributed by atoms with Crippen molar-refractivity contribution >= 4 is 11.3 Å². The van der Waals surface area contributed by atoms with Crippen LogP contribution in [0.1, 0.15) is 61.2 Å². The standard InChI is InChI=1S/C16H27NOS/c1-3-11-17-15(16-10-7-13(2)19-16)9-8-14-6-4-5-12-18-14/h7,10,14-15,17H,3-6,8-9,11-12H2,1-2H3. The largest absolute Gasteiger partial charge is 0.378 e. The number of thiophene rings is 1. The van der Waals surface area contributed by atoms with Crippen molar-refractivity contribution in [2.45, 2.75) is 64.5 Å². The van der Waals surface area contributed by atoms with E-state index in [-0.39, 0.29) is 0 Å². The molecule has 0 spiro atoms. The van der Waals surface area contributed by atoms with Gasteiger partial charge in [-0.05, 0) is 64.1 Å². The van der Waals surface area contributed by atoms with Crippen molar-refractivity contribution in [3.63, 3.8) is 0 Å². The number of hydrogen-bond acceptors (Lipinski definition) is 3. The summed E-state index contributed by atoms with van der Waals surface area (Å²) in [6, 6.07) is 5.04. The van der Waals surface area contributed by atoms with Crippen LogP contribution >= 0.6 is 11.3 Å². The lowest BCUT2D eigenvalue weighted by atomic mass is 10.0. The molecule has 2 atom stereocenters. The lowest BCUT2D eigenvalue weighted by molar-refractivity contribution is 0.00860. The van der Waals surface area contributed by atoms with Gasteiger partial charge in [-0.25, -0.2) is 0 Å². The van der Waals surface area contributed by atoms with E-state index in [2.05, 4.69) is 31.3 Å². The van der Waals surface area contributed by atoms with Crippen molar-refractivity contribution in [2.24, 2.45) is 0 Å². The summed E-state index contributed by atoms with van der Waals surface area (Å²) in [5.41, 5.74) is 0. The lowest BCUT2D eigenvalue weighted by Crippen LogP contribution is -2.25. The smallest absolute Gasteiger partial charge is 0.0575 e.